The first kappa shape index (κ1) is 13.3. The number of pyridine rings is 1. The smallest absolute Gasteiger partial charge is 0.235 e. The Balaban J connectivity index is 1.91. The molecule has 3 heterocycles. The second kappa shape index (κ2) is 5.11. The fourth-order valence-electron chi connectivity index (χ4n) is 2.10. The molecule has 108 valence electrons. The Hall–Kier alpha value is -2.38. The van der Waals surface area contributed by atoms with E-state index in [0.29, 0.717) is 20.8 Å². The first-order valence-electron chi connectivity index (χ1n) is 6.31. The molecule has 8 heteroatoms. The summed E-state index contributed by atoms with van der Waals surface area (Å²) in [6.45, 7) is 0. The van der Waals surface area contributed by atoms with Crippen molar-refractivity contribution in [2.75, 3.05) is 0 Å². The number of nitrogens with zero attached hydrogens (tertiary/aromatic N) is 5. The Kier molecular flexibility index (Phi) is 3.09. The van der Waals surface area contributed by atoms with E-state index in [4.69, 9.17) is 11.6 Å². The molecule has 0 spiro atoms. The lowest BCUT2D eigenvalue weighted by atomic mass is 10.2. The fraction of sp³-hybridized carbons (Fsp3) is 0. The highest BCUT2D eigenvalue weighted by Gasteiger charge is 2.18. The van der Waals surface area contributed by atoms with E-state index >= 15 is 0 Å². The van der Waals surface area contributed by atoms with Gasteiger partial charge in [0.25, 0.3) is 0 Å². The average Bonchev–Trinajstić information content (AvgIpc) is 3.08. The summed E-state index contributed by atoms with van der Waals surface area (Å²) in [7, 11) is 0. The van der Waals surface area contributed by atoms with Crippen molar-refractivity contribution in [3.63, 3.8) is 0 Å². The van der Waals surface area contributed by atoms with E-state index in [1.807, 2.05) is 12.1 Å². The summed E-state index contributed by atoms with van der Waals surface area (Å²) >= 11 is 7.32. The molecule has 0 radical (unpaired) electrons. The lowest BCUT2D eigenvalue weighted by Crippen LogP contribution is -1.92. The molecule has 0 N–H and O–H groups in total. The molecule has 0 bridgehead atoms. The van der Waals surface area contributed by atoms with Gasteiger partial charge in [-0.3, -0.25) is 4.98 Å². The zero-order valence-electron chi connectivity index (χ0n) is 10.9. The van der Waals surface area contributed by atoms with Crippen LogP contribution in [0.1, 0.15) is 0 Å². The summed E-state index contributed by atoms with van der Waals surface area (Å²) in [4.78, 5) is 4.54. The standard InChI is InChI=1S/C14H7ClFN5S/c15-9-2-1-3-10(16)11(9)13-20-21-12(18-19-14(21)22-13)8-4-6-17-7-5-8/h1-7H. The van der Waals surface area contributed by atoms with Crippen molar-refractivity contribution in [2.45, 2.75) is 0 Å². The van der Waals surface area contributed by atoms with Crippen molar-refractivity contribution >= 4 is 27.9 Å². The van der Waals surface area contributed by atoms with Gasteiger partial charge in [0.15, 0.2) is 10.8 Å². The Morgan fingerprint density at radius 1 is 1.09 bits per heavy atom. The SMILES string of the molecule is Fc1cccc(Cl)c1-c1nn2c(-c3ccncc3)nnc2s1. The molecule has 4 aromatic rings. The van der Waals surface area contributed by atoms with Gasteiger partial charge in [-0.05, 0) is 24.3 Å². The van der Waals surface area contributed by atoms with Crippen molar-refractivity contribution in [3.8, 4) is 22.0 Å². The summed E-state index contributed by atoms with van der Waals surface area (Å²) in [5, 5.41) is 13.4. The van der Waals surface area contributed by atoms with Crippen molar-refractivity contribution in [2.24, 2.45) is 0 Å². The van der Waals surface area contributed by atoms with Gasteiger partial charge < -0.3 is 0 Å². The van der Waals surface area contributed by atoms with Crippen LogP contribution in [-0.4, -0.2) is 24.8 Å². The lowest BCUT2D eigenvalue weighted by molar-refractivity contribution is 0.631. The minimum absolute atomic E-state index is 0.278. The minimum Gasteiger partial charge on any atom is -0.265 e. The van der Waals surface area contributed by atoms with Gasteiger partial charge in [0, 0.05) is 18.0 Å². The van der Waals surface area contributed by atoms with Crippen molar-refractivity contribution in [3.05, 3.63) is 53.6 Å². The normalized spacial score (nSPS) is 11.2. The predicted molar refractivity (Wildman–Crippen MR) is 82.3 cm³/mol. The lowest BCUT2D eigenvalue weighted by Gasteiger charge is -2.00. The van der Waals surface area contributed by atoms with Crippen LogP contribution >= 0.6 is 22.9 Å². The molecule has 0 amide bonds. The zero-order valence-corrected chi connectivity index (χ0v) is 12.5. The Morgan fingerprint density at radius 2 is 1.91 bits per heavy atom. The molecule has 0 saturated carbocycles. The van der Waals surface area contributed by atoms with Gasteiger partial charge >= 0.3 is 0 Å². The van der Waals surface area contributed by atoms with E-state index in [-0.39, 0.29) is 5.56 Å². The third-order valence-electron chi connectivity index (χ3n) is 3.11. The number of fused-ring (bicyclic) bond motifs is 1. The van der Waals surface area contributed by atoms with Gasteiger partial charge in [-0.1, -0.05) is 29.0 Å². The molecule has 0 aliphatic heterocycles. The second-order valence-electron chi connectivity index (χ2n) is 4.46. The maximum absolute atomic E-state index is 14.0. The molecular formula is C14H7ClFN5S. The molecular weight excluding hydrogens is 325 g/mol. The van der Waals surface area contributed by atoms with Crippen molar-refractivity contribution in [1.29, 1.82) is 0 Å². The fourth-order valence-corrected chi connectivity index (χ4v) is 3.31. The number of halogens is 2. The Labute approximate surface area is 133 Å². The average molecular weight is 332 g/mol. The molecule has 0 aliphatic rings. The van der Waals surface area contributed by atoms with Gasteiger partial charge in [0.05, 0.1) is 10.6 Å². The summed E-state index contributed by atoms with van der Waals surface area (Å²) < 4.78 is 15.6. The van der Waals surface area contributed by atoms with Gasteiger partial charge in [-0.25, -0.2) is 4.39 Å². The van der Waals surface area contributed by atoms with Crippen molar-refractivity contribution in [1.82, 2.24) is 24.8 Å². The topological polar surface area (TPSA) is 56.0 Å². The molecule has 0 aliphatic carbocycles. The maximum Gasteiger partial charge on any atom is 0.235 e. The summed E-state index contributed by atoms with van der Waals surface area (Å²) in [5.41, 5.74) is 1.11. The number of rotatable bonds is 2. The molecule has 0 atom stereocenters. The maximum atomic E-state index is 14.0. The van der Waals surface area contributed by atoms with Gasteiger partial charge in [-0.2, -0.15) is 9.61 Å². The molecule has 5 nitrogen and oxygen atoms in total. The highest BCUT2D eigenvalue weighted by atomic mass is 35.5. The molecule has 22 heavy (non-hydrogen) atoms. The molecule has 3 aromatic heterocycles. The first-order valence-corrected chi connectivity index (χ1v) is 7.50. The number of aromatic nitrogens is 5. The third-order valence-corrected chi connectivity index (χ3v) is 4.34. The van der Waals surface area contributed by atoms with E-state index < -0.39 is 5.82 Å². The van der Waals surface area contributed by atoms with Crippen LogP contribution in [0.25, 0.3) is 26.9 Å². The van der Waals surface area contributed by atoms with Gasteiger partial charge in [0.2, 0.25) is 4.96 Å². The van der Waals surface area contributed by atoms with Crippen LogP contribution in [0.15, 0.2) is 42.7 Å². The summed E-state index contributed by atoms with van der Waals surface area (Å²) in [6, 6.07) is 8.17. The number of hydrogen-bond acceptors (Lipinski definition) is 5. The van der Waals surface area contributed by atoms with Crippen LogP contribution < -0.4 is 0 Å². The molecule has 0 unspecified atom stereocenters. The van der Waals surface area contributed by atoms with E-state index in [1.54, 1.807) is 29.0 Å². The minimum atomic E-state index is -0.414. The van der Waals surface area contributed by atoms with E-state index in [0.717, 1.165) is 5.56 Å². The number of benzene rings is 1. The highest BCUT2D eigenvalue weighted by Crippen LogP contribution is 2.34. The van der Waals surface area contributed by atoms with Crippen LogP contribution in [0.4, 0.5) is 4.39 Å². The third kappa shape index (κ3) is 2.06. The summed E-state index contributed by atoms with van der Waals surface area (Å²) in [6.07, 6.45) is 3.33. The van der Waals surface area contributed by atoms with Gasteiger partial charge in [-0.15, -0.1) is 10.2 Å². The van der Waals surface area contributed by atoms with Crippen LogP contribution in [-0.2, 0) is 0 Å². The van der Waals surface area contributed by atoms with Crippen LogP contribution in [0, 0.1) is 5.82 Å². The Bertz CT molecular complexity index is 946. The first-order chi connectivity index (χ1) is 10.7. The van der Waals surface area contributed by atoms with Gasteiger partial charge in [0.1, 0.15) is 5.82 Å². The van der Waals surface area contributed by atoms with E-state index in [1.165, 1.54) is 17.4 Å². The Morgan fingerprint density at radius 3 is 2.68 bits per heavy atom. The van der Waals surface area contributed by atoms with Crippen LogP contribution in [0.5, 0.6) is 0 Å². The zero-order chi connectivity index (χ0) is 15.1. The highest BCUT2D eigenvalue weighted by molar-refractivity contribution is 7.19. The predicted octanol–water partition coefficient (Wildman–Crippen LogP) is 3.71. The van der Waals surface area contributed by atoms with Crippen molar-refractivity contribution < 1.29 is 4.39 Å². The second-order valence-corrected chi connectivity index (χ2v) is 5.82. The van der Waals surface area contributed by atoms with E-state index in [9.17, 15) is 4.39 Å². The molecule has 4 rings (SSSR count). The monoisotopic (exact) mass is 331 g/mol. The molecule has 0 saturated heterocycles. The largest absolute Gasteiger partial charge is 0.265 e. The molecule has 1 aromatic carbocycles. The quantitative estimate of drug-likeness (QED) is 0.562. The van der Waals surface area contributed by atoms with E-state index in [2.05, 4.69) is 20.3 Å². The van der Waals surface area contributed by atoms with Crippen LogP contribution in [0.3, 0.4) is 0 Å². The molecule has 0 fully saturated rings. The van der Waals surface area contributed by atoms with Crippen LogP contribution in [0.2, 0.25) is 5.02 Å². The summed E-state index contributed by atoms with van der Waals surface area (Å²) in [5.74, 6) is 0.162. The number of hydrogen-bond donors (Lipinski definition) is 0.